The van der Waals surface area contributed by atoms with Crippen LogP contribution in [0.2, 0.25) is 5.28 Å². The van der Waals surface area contributed by atoms with Crippen LogP contribution in [0.5, 0.6) is 11.8 Å². The van der Waals surface area contributed by atoms with Gasteiger partial charge in [-0.25, -0.2) is 9.97 Å². The molecule has 9 nitrogen and oxygen atoms in total. The minimum atomic E-state index is -2.76. The van der Waals surface area contributed by atoms with E-state index in [1.807, 2.05) is 25.1 Å². The second-order valence-corrected chi connectivity index (χ2v) is 12.1. The molecular weight excluding hydrogens is 498 g/mol. The zero-order valence-corrected chi connectivity index (χ0v) is 20.4. The molecular formula is C22H20ClN5O4S2. The Morgan fingerprint density at radius 2 is 2.06 bits per heavy atom. The highest BCUT2D eigenvalue weighted by atomic mass is 35.5. The number of amides is 1. The normalized spacial score (nSPS) is 20.1. The first-order chi connectivity index (χ1) is 16.3. The van der Waals surface area contributed by atoms with E-state index < -0.39 is 10.6 Å². The fourth-order valence-electron chi connectivity index (χ4n) is 4.34. The van der Waals surface area contributed by atoms with Crippen LogP contribution in [0.15, 0.2) is 24.3 Å². The predicted molar refractivity (Wildman–Crippen MR) is 135 cm³/mol. The molecule has 0 aliphatic carbocycles. The fourth-order valence-corrected chi connectivity index (χ4v) is 7.03. The van der Waals surface area contributed by atoms with Gasteiger partial charge in [0.15, 0.2) is 0 Å². The molecule has 1 amide bonds. The van der Waals surface area contributed by atoms with E-state index in [0.29, 0.717) is 40.5 Å². The summed E-state index contributed by atoms with van der Waals surface area (Å²) in [5, 5.41) is 8.30. The van der Waals surface area contributed by atoms with Crippen LogP contribution in [-0.2, 0) is 12.2 Å². The van der Waals surface area contributed by atoms with Crippen molar-refractivity contribution in [3.63, 3.8) is 0 Å². The quantitative estimate of drug-likeness (QED) is 0.272. The Morgan fingerprint density at radius 1 is 1.21 bits per heavy atom. The summed E-state index contributed by atoms with van der Waals surface area (Å²) in [6.07, 6.45) is 0.391. The Labute approximate surface area is 204 Å². The Balaban J connectivity index is 1.42. The van der Waals surface area contributed by atoms with Crippen molar-refractivity contribution in [2.75, 3.05) is 17.6 Å². The van der Waals surface area contributed by atoms with Gasteiger partial charge < -0.3 is 15.4 Å². The number of pyridine rings is 1. The number of carbonyl (C=O) groups excluding carboxylic acids is 1. The Morgan fingerprint density at radius 3 is 2.91 bits per heavy atom. The zero-order valence-electron chi connectivity index (χ0n) is 18.0. The second kappa shape index (κ2) is 7.92. The van der Waals surface area contributed by atoms with Crippen molar-refractivity contribution in [1.82, 2.24) is 20.3 Å². The lowest BCUT2D eigenvalue weighted by Crippen LogP contribution is -2.34. The first kappa shape index (κ1) is 21.8. The molecule has 34 heavy (non-hydrogen) atoms. The van der Waals surface area contributed by atoms with Crippen LogP contribution < -0.4 is 15.4 Å². The summed E-state index contributed by atoms with van der Waals surface area (Å²) in [7, 11) is -2.76. The lowest BCUT2D eigenvalue weighted by Gasteiger charge is -2.36. The van der Waals surface area contributed by atoms with Crippen molar-refractivity contribution >= 4 is 66.1 Å². The Kier molecular flexibility index (Phi) is 5.08. The Bertz CT molecular complexity index is 1490. The lowest BCUT2D eigenvalue weighted by molar-refractivity contribution is 0.0949. The van der Waals surface area contributed by atoms with Gasteiger partial charge in [0.1, 0.15) is 4.88 Å². The average Bonchev–Trinajstić information content (AvgIpc) is 3.10. The third-order valence-electron chi connectivity index (χ3n) is 5.94. The van der Waals surface area contributed by atoms with Crippen LogP contribution in [0.1, 0.15) is 27.9 Å². The maximum absolute atomic E-state index is 12.6. The molecule has 0 fully saturated rings. The van der Waals surface area contributed by atoms with Gasteiger partial charge in [0, 0.05) is 46.3 Å². The first-order valence-corrected chi connectivity index (χ1v) is 13.7. The van der Waals surface area contributed by atoms with E-state index >= 15 is 0 Å². The third-order valence-corrected chi connectivity index (χ3v) is 8.87. The van der Waals surface area contributed by atoms with Crippen molar-refractivity contribution in [1.29, 1.82) is 0 Å². The van der Waals surface area contributed by atoms with Crippen molar-refractivity contribution in [2.24, 2.45) is 0 Å². The molecule has 2 aliphatic heterocycles. The lowest BCUT2D eigenvalue weighted by atomic mass is 10.1. The number of benzene rings is 1. The highest BCUT2D eigenvalue weighted by Gasteiger charge is 2.29. The molecule has 4 N–H and O–H groups in total. The largest absolute Gasteiger partial charge is 0.420 e. The molecule has 1 aromatic carbocycles. The van der Waals surface area contributed by atoms with Crippen LogP contribution >= 0.6 is 33.5 Å². The molecule has 12 heteroatoms. The summed E-state index contributed by atoms with van der Waals surface area (Å²) in [5.74, 6) is 0.667. The molecule has 0 saturated heterocycles. The molecule has 0 spiro atoms. The number of carbonyl (C=O) groups is 1. The van der Waals surface area contributed by atoms with Gasteiger partial charge in [0.05, 0.1) is 28.2 Å². The molecule has 1 atom stereocenters. The number of aryl methyl sites for hydroxylation is 1. The topological polar surface area (TPSA) is 129 Å². The van der Waals surface area contributed by atoms with Crippen LogP contribution in [0, 0.1) is 0 Å². The number of anilines is 1. The summed E-state index contributed by atoms with van der Waals surface area (Å²) in [4.78, 5) is 26.4. The van der Waals surface area contributed by atoms with Crippen molar-refractivity contribution in [2.45, 2.75) is 25.1 Å². The molecule has 3 aromatic heterocycles. The number of hydrogen-bond donors (Lipinski definition) is 4. The maximum Gasteiger partial charge on any atom is 0.263 e. The van der Waals surface area contributed by atoms with Crippen LogP contribution in [0.25, 0.3) is 21.0 Å². The highest BCUT2D eigenvalue weighted by Crippen LogP contribution is 2.49. The number of nitrogens with zero attached hydrogens (tertiary/aromatic N) is 3. The van der Waals surface area contributed by atoms with Gasteiger partial charge in [0.25, 0.3) is 5.91 Å². The minimum absolute atomic E-state index is 0.0240. The third kappa shape index (κ3) is 3.73. The zero-order chi connectivity index (χ0) is 23.6. The summed E-state index contributed by atoms with van der Waals surface area (Å²) in [5.41, 5.74) is 2.72. The summed E-state index contributed by atoms with van der Waals surface area (Å²) in [6, 6.07) is 7.50. The van der Waals surface area contributed by atoms with Gasteiger partial charge in [-0.3, -0.25) is 13.9 Å². The summed E-state index contributed by atoms with van der Waals surface area (Å²) >= 11 is 7.54. The number of ether oxygens (including phenoxy) is 1. The number of aromatic nitrogens is 3. The van der Waals surface area contributed by atoms with Crippen molar-refractivity contribution in [3.8, 4) is 11.8 Å². The standard InChI is InChI=1S/C22H20ClN5O4S2/c1-10-8-24-18-17-11-2-5-16(26-13(11)3-4-15(17)33-19(18)20(29)25-10)32-21-12-9-34(30,31)7-6-14(12)27-22(23)28-21/h2-5,10,24,30-31H,6-9H2,1H3,(H,25,29)/t10-/m1/s1. The highest BCUT2D eigenvalue weighted by molar-refractivity contribution is 8.23. The van der Waals surface area contributed by atoms with E-state index in [0.717, 1.165) is 21.2 Å². The molecule has 0 radical (unpaired) electrons. The molecule has 6 rings (SSSR count). The van der Waals surface area contributed by atoms with Crippen LogP contribution in [-0.4, -0.2) is 48.3 Å². The fraction of sp³-hybridized carbons (Fsp3) is 0.273. The second-order valence-electron chi connectivity index (χ2n) is 8.44. The molecule has 5 heterocycles. The minimum Gasteiger partial charge on any atom is -0.420 e. The molecule has 176 valence electrons. The number of hydrogen-bond acceptors (Lipinski definition) is 9. The maximum atomic E-state index is 12.6. The number of fused-ring (bicyclic) bond motifs is 6. The molecule has 0 unspecified atom stereocenters. The summed E-state index contributed by atoms with van der Waals surface area (Å²) < 4.78 is 27.4. The number of thiophene rings is 1. The Hall–Kier alpha value is -2.70. The van der Waals surface area contributed by atoms with Crippen LogP contribution in [0.4, 0.5) is 5.69 Å². The van der Waals surface area contributed by atoms with Crippen LogP contribution in [0.3, 0.4) is 0 Å². The number of rotatable bonds is 2. The molecule has 2 aliphatic rings. The van der Waals surface area contributed by atoms with Gasteiger partial charge in [-0.05, 0) is 36.7 Å². The SMILES string of the molecule is C[C@@H]1CNc2c(sc3ccc4nc(Oc5nc(Cl)nc6c5CS(O)(O)CC6)ccc4c23)C(=O)N1. The van der Waals surface area contributed by atoms with Gasteiger partial charge in [-0.1, -0.05) is 0 Å². The van der Waals surface area contributed by atoms with Gasteiger partial charge >= 0.3 is 0 Å². The molecule has 4 aromatic rings. The van der Waals surface area contributed by atoms with E-state index in [9.17, 15) is 13.9 Å². The van der Waals surface area contributed by atoms with Crippen molar-refractivity contribution < 1.29 is 18.6 Å². The van der Waals surface area contributed by atoms with Gasteiger partial charge in [0.2, 0.25) is 17.0 Å². The first-order valence-electron chi connectivity index (χ1n) is 10.7. The van der Waals surface area contributed by atoms with Gasteiger partial charge in [-0.2, -0.15) is 15.6 Å². The summed E-state index contributed by atoms with van der Waals surface area (Å²) in [6.45, 7) is 2.60. The number of nitrogens with one attached hydrogen (secondary N) is 2. The van der Waals surface area contributed by atoms with E-state index in [2.05, 4.69) is 25.6 Å². The van der Waals surface area contributed by atoms with E-state index in [4.69, 9.17) is 16.3 Å². The van der Waals surface area contributed by atoms with E-state index in [1.54, 1.807) is 6.07 Å². The van der Waals surface area contributed by atoms with E-state index in [1.165, 1.54) is 11.3 Å². The smallest absolute Gasteiger partial charge is 0.263 e. The van der Waals surface area contributed by atoms with Crippen molar-refractivity contribution in [3.05, 3.63) is 45.7 Å². The average molecular weight is 518 g/mol. The monoisotopic (exact) mass is 517 g/mol. The molecule has 0 saturated carbocycles. The van der Waals surface area contributed by atoms with Gasteiger partial charge in [-0.15, -0.1) is 11.3 Å². The van der Waals surface area contributed by atoms with E-state index in [-0.39, 0.29) is 34.6 Å². The predicted octanol–water partition coefficient (Wildman–Crippen LogP) is 5.04. The molecule has 0 bridgehead atoms. The number of halogens is 1.